The second kappa shape index (κ2) is 5.28. The lowest BCUT2D eigenvalue weighted by molar-refractivity contribution is 0.103. The van der Waals surface area contributed by atoms with Crippen LogP contribution in [0.2, 0.25) is 0 Å². The molecule has 0 amide bonds. The quantitative estimate of drug-likeness (QED) is 0.670. The molecule has 0 spiro atoms. The van der Waals surface area contributed by atoms with Gasteiger partial charge in [0.1, 0.15) is 0 Å². The molecule has 0 radical (unpaired) electrons. The van der Waals surface area contributed by atoms with E-state index < -0.39 is 11.6 Å². The summed E-state index contributed by atoms with van der Waals surface area (Å²) < 4.78 is 26.6. The molecule has 0 saturated carbocycles. The van der Waals surface area contributed by atoms with Crippen LogP contribution in [0.4, 0.5) is 14.5 Å². The molecule has 2 aromatic carbocycles. The van der Waals surface area contributed by atoms with Crippen LogP contribution in [0.3, 0.4) is 0 Å². The van der Waals surface area contributed by atoms with Gasteiger partial charge in [-0.15, -0.1) is 0 Å². The molecule has 2 rings (SSSR count). The van der Waals surface area contributed by atoms with Crippen molar-refractivity contribution < 1.29 is 13.6 Å². The topological polar surface area (TPSA) is 43.1 Å². The summed E-state index contributed by atoms with van der Waals surface area (Å²) in [6, 6.07) is 3.70. The Hall–Kier alpha value is -2.23. The van der Waals surface area contributed by atoms with Crippen molar-refractivity contribution in [2.45, 2.75) is 27.7 Å². The molecule has 0 saturated heterocycles. The molecule has 0 bridgehead atoms. The average Bonchev–Trinajstić information content (AvgIpc) is 2.40. The highest BCUT2D eigenvalue weighted by Gasteiger charge is 2.21. The molecule has 2 nitrogen and oxygen atoms in total. The highest BCUT2D eigenvalue weighted by molar-refractivity contribution is 6.14. The molecule has 0 fully saturated rings. The summed E-state index contributed by atoms with van der Waals surface area (Å²) >= 11 is 0. The first-order chi connectivity index (χ1) is 9.73. The molecule has 0 aliphatic rings. The van der Waals surface area contributed by atoms with Crippen molar-refractivity contribution in [2.75, 3.05) is 5.73 Å². The maximum Gasteiger partial charge on any atom is 0.195 e. The van der Waals surface area contributed by atoms with Crippen molar-refractivity contribution >= 4 is 11.5 Å². The van der Waals surface area contributed by atoms with Gasteiger partial charge in [-0.1, -0.05) is 6.07 Å². The first-order valence-electron chi connectivity index (χ1n) is 6.60. The number of rotatable bonds is 2. The SMILES string of the molecule is Cc1cc(C)c(C)c(C(=O)c2cc(F)c(F)cc2N)c1C. The van der Waals surface area contributed by atoms with Gasteiger partial charge in [0, 0.05) is 22.9 Å². The Kier molecular flexibility index (Phi) is 3.81. The van der Waals surface area contributed by atoms with E-state index in [9.17, 15) is 13.6 Å². The van der Waals surface area contributed by atoms with Crippen LogP contribution in [-0.2, 0) is 0 Å². The van der Waals surface area contributed by atoms with Crippen molar-refractivity contribution in [3.63, 3.8) is 0 Å². The molecule has 0 aliphatic carbocycles. The number of nitrogens with two attached hydrogens (primary N) is 1. The lowest BCUT2D eigenvalue weighted by Crippen LogP contribution is -2.12. The monoisotopic (exact) mass is 289 g/mol. The van der Waals surface area contributed by atoms with Gasteiger partial charge in [0.25, 0.3) is 0 Å². The minimum atomic E-state index is -1.08. The normalized spacial score (nSPS) is 10.8. The van der Waals surface area contributed by atoms with Crippen molar-refractivity contribution in [1.29, 1.82) is 0 Å². The molecule has 0 unspecified atom stereocenters. The smallest absolute Gasteiger partial charge is 0.195 e. The van der Waals surface area contributed by atoms with Crippen LogP contribution < -0.4 is 5.73 Å². The number of hydrogen-bond acceptors (Lipinski definition) is 2. The fraction of sp³-hybridized carbons (Fsp3) is 0.235. The number of carbonyl (C=O) groups excluding carboxylic acids is 1. The molecule has 110 valence electrons. The highest BCUT2D eigenvalue weighted by Crippen LogP contribution is 2.27. The zero-order valence-corrected chi connectivity index (χ0v) is 12.5. The van der Waals surface area contributed by atoms with Crippen LogP contribution in [-0.4, -0.2) is 5.78 Å². The molecule has 0 aliphatic heterocycles. The summed E-state index contributed by atoms with van der Waals surface area (Å²) in [6.07, 6.45) is 0. The Balaban J connectivity index is 2.69. The molecule has 0 heterocycles. The third-order valence-corrected chi connectivity index (χ3v) is 3.93. The highest BCUT2D eigenvalue weighted by atomic mass is 19.2. The van der Waals surface area contributed by atoms with Gasteiger partial charge in [-0.05, 0) is 56.0 Å². The van der Waals surface area contributed by atoms with E-state index in [1.165, 1.54) is 0 Å². The van der Waals surface area contributed by atoms with Crippen LogP contribution >= 0.6 is 0 Å². The standard InChI is InChI=1S/C17H17F2NO/c1-8-5-9(2)11(4)16(10(8)3)17(21)12-6-13(18)14(19)7-15(12)20/h5-7H,20H2,1-4H3. The lowest BCUT2D eigenvalue weighted by atomic mass is 9.89. The van der Waals surface area contributed by atoms with E-state index in [0.29, 0.717) is 5.56 Å². The van der Waals surface area contributed by atoms with Crippen molar-refractivity contribution in [1.82, 2.24) is 0 Å². The predicted molar refractivity (Wildman–Crippen MR) is 79.6 cm³/mol. The Morgan fingerprint density at radius 1 is 0.905 bits per heavy atom. The van der Waals surface area contributed by atoms with E-state index in [4.69, 9.17) is 5.73 Å². The maximum atomic E-state index is 13.4. The van der Waals surface area contributed by atoms with Crippen LogP contribution in [0, 0.1) is 39.3 Å². The molecule has 0 atom stereocenters. The van der Waals surface area contributed by atoms with Crippen molar-refractivity contribution in [3.8, 4) is 0 Å². The van der Waals surface area contributed by atoms with Gasteiger partial charge >= 0.3 is 0 Å². The van der Waals surface area contributed by atoms with Gasteiger partial charge in [-0.2, -0.15) is 0 Å². The minimum Gasteiger partial charge on any atom is -0.398 e. The fourth-order valence-electron chi connectivity index (χ4n) is 2.45. The van der Waals surface area contributed by atoms with Gasteiger partial charge in [-0.25, -0.2) is 8.78 Å². The molecule has 21 heavy (non-hydrogen) atoms. The third-order valence-electron chi connectivity index (χ3n) is 3.93. The van der Waals surface area contributed by atoms with Gasteiger partial charge < -0.3 is 5.73 Å². The molecular formula is C17H17F2NO. The zero-order valence-electron chi connectivity index (χ0n) is 12.5. The molecule has 2 N–H and O–H groups in total. The van der Waals surface area contributed by atoms with E-state index in [2.05, 4.69) is 0 Å². The van der Waals surface area contributed by atoms with Crippen molar-refractivity contribution in [3.05, 3.63) is 63.2 Å². The zero-order chi connectivity index (χ0) is 15.9. The summed E-state index contributed by atoms with van der Waals surface area (Å²) in [5.41, 5.74) is 9.72. The van der Waals surface area contributed by atoms with E-state index >= 15 is 0 Å². The minimum absolute atomic E-state index is 0.00917. The van der Waals surface area contributed by atoms with Gasteiger partial charge in [-0.3, -0.25) is 4.79 Å². The summed E-state index contributed by atoms with van der Waals surface area (Å²) in [7, 11) is 0. The number of hydrogen-bond donors (Lipinski definition) is 1. The third kappa shape index (κ3) is 2.53. The Morgan fingerprint density at radius 2 is 1.38 bits per heavy atom. The first kappa shape index (κ1) is 15.2. The number of carbonyl (C=O) groups is 1. The Morgan fingerprint density at radius 3 is 1.90 bits per heavy atom. The van der Waals surface area contributed by atoms with Crippen LogP contribution in [0.15, 0.2) is 18.2 Å². The summed E-state index contributed by atoms with van der Waals surface area (Å²) in [5.74, 6) is -2.52. The fourth-order valence-corrected chi connectivity index (χ4v) is 2.45. The van der Waals surface area contributed by atoms with E-state index in [1.54, 1.807) is 0 Å². The number of aryl methyl sites for hydroxylation is 2. The molecular weight excluding hydrogens is 272 g/mol. The number of anilines is 1. The summed E-state index contributed by atoms with van der Waals surface area (Å²) in [4.78, 5) is 12.7. The Labute approximate surface area is 122 Å². The summed E-state index contributed by atoms with van der Waals surface area (Å²) in [6.45, 7) is 7.50. The number of halogens is 2. The first-order valence-corrected chi connectivity index (χ1v) is 6.60. The molecule has 2 aromatic rings. The molecule has 0 aromatic heterocycles. The second-order valence-electron chi connectivity index (χ2n) is 5.32. The Bertz CT molecular complexity index is 725. The van der Waals surface area contributed by atoms with Gasteiger partial charge in [0.05, 0.1) is 0 Å². The predicted octanol–water partition coefficient (Wildman–Crippen LogP) is 4.01. The summed E-state index contributed by atoms with van der Waals surface area (Å²) in [5, 5.41) is 0. The van der Waals surface area contributed by atoms with Crippen LogP contribution in [0.1, 0.15) is 38.2 Å². The number of ketones is 1. The molecule has 4 heteroatoms. The van der Waals surface area contributed by atoms with E-state index in [-0.39, 0.29) is 17.0 Å². The average molecular weight is 289 g/mol. The maximum absolute atomic E-state index is 13.4. The lowest BCUT2D eigenvalue weighted by Gasteiger charge is -2.15. The van der Waals surface area contributed by atoms with E-state index in [1.807, 2.05) is 33.8 Å². The second-order valence-corrected chi connectivity index (χ2v) is 5.32. The van der Waals surface area contributed by atoms with Crippen LogP contribution in [0.25, 0.3) is 0 Å². The van der Waals surface area contributed by atoms with E-state index in [0.717, 1.165) is 34.4 Å². The number of nitrogen functional groups attached to an aromatic ring is 1. The van der Waals surface area contributed by atoms with Crippen LogP contribution in [0.5, 0.6) is 0 Å². The number of benzene rings is 2. The van der Waals surface area contributed by atoms with Gasteiger partial charge in [0.2, 0.25) is 0 Å². The largest absolute Gasteiger partial charge is 0.398 e. The van der Waals surface area contributed by atoms with Crippen molar-refractivity contribution in [2.24, 2.45) is 0 Å². The van der Waals surface area contributed by atoms with Gasteiger partial charge in [0.15, 0.2) is 17.4 Å².